The zero-order valence-electron chi connectivity index (χ0n) is 12.5. The van der Waals surface area contributed by atoms with Crippen LogP contribution in [0.2, 0.25) is 0 Å². The second-order valence-electron chi connectivity index (χ2n) is 6.25. The summed E-state index contributed by atoms with van der Waals surface area (Å²) in [5.74, 6) is 0. The van der Waals surface area contributed by atoms with Crippen LogP contribution in [0.15, 0.2) is 48.8 Å². The number of hydrogen-bond acceptors (Lipinski definition) is 2. The third kappa shape index (κ3) is 2.53. The lowest BCUT2D eigenvalue weighted by Crippen LogP contribution is -2.10. The first-order valence-electron chi connectivity index (χ1n) is 6.97. The van der Waals surface area contributed by atoms with Crippen LogP contribution in [0.25, 0.3) is 16.9 Å². The van der Waals surface area contributed by atoms with Gasteiger partial charge in [-0.05, 0) is 23.1 Å². The maximum atomic E-state index is 8.94. The van der Waals surface area contributed by atoms with Gasteiger partial charge in [0.25, 0.3) is 0 Å². The van der Waals surface area contributed by atoms with Gasteiger partial charge in [0.05, 0.1) is 11.3 Å². The number of pyridine rings is 1. The van der Waals surface area contributed by atoms with Gasteiger partial charge in [-0.1, -0.05) is 45.0 Å². The summed E-state index contributed by atoms with van der Waals surface area (Å²) in [6.07, 6.45) is 3.76. The van der Waals surface area contributed by atoms with Gasteiger partial charge in [-0.25, -0.2) is 4.98 Å². The molecule has 0 aliphatic heterocycles. The van der Waals surface area contributed by atoms with Gasteiger partial charge < -0.3 is 4.40 Å². The summed E-state index contributed by atoms with van der Waals surface area (Å²) in [6, 6.07) is 14.3. The highest BCUT2D eigenvalue weighted by Crippen LogP contribution is 2.26. The number of imidazole rings is 1. The molecular formula is C18H17N3. The molecule has 0 atom stereocenters. The average molecular weight is 275 g/mol. The van der Waals surface area contributed by atoms with E-state index in [1.165, 1.54) is 5.56 Å². The van der Waals surface area contributed by atoms with Gasteiger partial charge in [-0.15, -0.1) is 0 Å². The van der Waals surface area contributed by atoms with Crippen molar-refractivity contribution in [1.29, 1.82) is 5.26 Å². The van der Waals surface area contributed by atoms with Crippen molar-refractivity contribution in [2.45, 2.75) is 26.2 Å². The Morgan fingerprint density at radius 3 is 2.33 bits per heavy atom. The van der Waals surface area contributed by atoms with Crippen molar-refractivity contribution in [1.82, 2.24) is 9.38 Å². The van der Waals surface area contributed by atoms with E-state index >= 15 is 0 Å². The van der Waals surface area contributed by atoms with Crippen molar-refractivity contribution in [3.05, 3.63) is 59.9 Å². The molecule has 0 bridgehead atoms. The molecule has 3 nitrogen and oxygen atoms in total. The Hall–Kier alpha value is -2.60. The smallest absolute Gasteiger partial charge is 0.137 e. The van der Waals surface area contributed by atoms with Crippen molar-refractivity contribution >= 4 is 5.65 Å². The number of nitriles is 1. The molecule has 0 unspecified atom stereocenters. The zero-order chi connectivity index (χ0) is 15.0. The van der Waals surface area contributed by atoms with Crippen molar-refractivity contribution < 1.29 is 0 Å². The molecular weight excluding hydrogens is 258 g/mol. The van der Waals surface area contributed by atoms with E-state index in [4.69, 9.17) is 5.26 Å². The quantitative estimate of drug-likeness (QED) is 0.668. The molecule has 0 aliphatic rings. The highest BCUT2D eigenvalue weighted by Gasteiger charge is 2.13. The lowest BCUT2D eigenvalue weighted by atomic mass is 9.86. The lowest BCUT2D eigenvalue weighted by Gasteiger charge is -2.18. The van der Waals surface area contributed by atoms with Gasteiger partial charge >= 0.3 is 0 Å². The summed E-state index contributed by atoms with van der Waals surface area (Å²) in [4.78, 5) is 4.60. The first-order chi connectivity index (χ1) is 9.97. The molecule has 0 fully saturated rings. The number of fused-ring (bicyclic) bond motifs is 1. The fraction of sp³-hybridized carbons (Fsp3) is 0.222. The fourth-order valence-corrected chi connectivity index (χ4v) is 2.34. The molecule has 2 aromatic heterocycles. The van der Waals surface area contributed by atoms with E-state index in [0.717, 1.165) is 16.9 Å². The molecule has 0 N–H and O–H groups in total. The Kier molecular flexibility index (Phi) is 3.03. The third-order valence-corrected chi connectivity index (χ3v) is 3.63. The van der Waals surface area contributed by atoms with E-state index in [0.29, 0.717) is 5.56 Å². The summed E-state index contributed by atoms with van der Waals surface area (Å²) >= 11 is 0. The molecule has 1 aromatic carbocycles. The number of nitrogens with zero attached hydrogens (tertiary/aromatic N) is 3. The second kappa shape index (κ2) is 4.75. The van der Waals surface area contributed by atoms with Crippen LogP contribution >= 0.6 is 0 Å². The first kappa shape index (κ1) is 13.4. The van der Waals surface area contributed by atoms with E-state index in [1.54, 1.807) is 12.3 Å². The molecule has 0 saturated heterocycles. The molecule has 0 spiro atoms. The van der Waals surface area contributed by atoms with Crippen LogP contribution in [0, 0.1) is 11.3 Å². The first-order valence-corrected chi connectivity index (χ1v) is 6.97. The minimum Gasteiger partial charge on any atom is -0.305 e. The minimum atomic E-state index is 0.152. The lowest BCUT2D eigenvalue weighted by molar-refractivity contribution is 0.590. The molecule has 0 radical (unpaired) electrons. The molecule has 0 amide bonds. The van der Waals surface area contributed by atoms with Crippen LogP contribution in [0.5, 0.6) is 0 Å². The van der Waals surface area contributed by atoms with Gasteiger partial charge in [0.1, 0.15) is 11.7 Å². The molecule has 3 heteroatoms. The standard InChI is InChI=1S/C18H17N3/c1-18(2,3)15-7-5-14(6-8-15)16-12-21-11-13(10-19)4-9-17(21)20-16/h4-9,11-12H,1-3H3. The van der Waals surface area contributed by atoms with Gasteiger partial charge in [-0.3, -0.25) is 0 Å². The SMILES string of the molecule is CC(C)(C)c1ccc(-c2cn3cc(C#N)ccc3n2)cc1. The van der Waals surface area contributed by atoms with Crippen LogP contribution < -0.4 is 0 Å². The summed E-state index contributed by atoms with van der Waals surface area (Å²) in [5, 5.41) is 8.94. The van der Waals surface area contributed by atoms with Crippen molar-refractivity contribution in [2.24, 2.45) is 0 Å². The van der Waals surface area contributed by atoms with Crippen LogP contribution in [0.3, 0.4) is 0 Å². The van der Waals surface area contributed by atoms with Crippen molar-refractivity contribution in [3.63, 3.8) is 0 Å². The predicted octanol–water partition coefficient (Wildman–Crippen LogP) is 4.17. The van der Waals surface area contributed by atoms with Crippen molar-refractivity contribution in [3.8, 4) is 17.3 Å². The number of rotatable bonds is 1. The van der Waals surface area contributed by atoms with E-state index in [9.17, 15) is 0 Å². The fourth-order valence-electron chi connectivity index (χ4n) is 2.34. The Labute approximate surface area is 124 Å². The normalized spacial score (nSPS) is 11.5. The maximum Gasteiger partial charge on any atom is 0.137 e. The summed E-state index contributed by atoms with van der Waals surface area (Å²) in [5.41, 5.74) is 4.95. The summed E-state index contributed by atoms with van der Waals surface area (Å²) in [6.45, 7) is 6.61. The number of benzene rings is 1. The van der Waals surface area contributed by atoms with Gasteiger partial charge in [0.2, 0.25) is 0 Å². The highest BCUT2D eigenvalue weighted by molar-refractivity contribution is 5.63. The second-order valence-corrected chi connectivity index (χ2v) is 6.25. The van der Waals surface area contributed by atoms with Crippen molar-refractivity contribution in [2.75, 3.05) is 0 Å². The largest absolute Gasteiger partial charge is 0.305 e. The molecule has 3 aromatic rings. The molecule has 104 valence electrons. The topological polar surface area (TPSA) is 41.1 Å². The number of aromatic nitrogens is 2. The minimum absolute atomic E-state index is 0.152. The zero-order valence-corrected chi connectivity index (χ0v) is 12.5. The molecule has 0 saturated carbocycles. The molecule has 0 aliphatic carbocycles. The van der Waals surface area contributed by atoms with Crippen LogP contribution in [-0.4, -0.2) is 9.38 Å². The van der Waals surface area contributed by atoms with Crippen LogP contribution in [0.4, 0.5) is 0 Å². The molecule has 3 rings (SSSR count). The van der Waals surface area contributed by atoms with Gasteiger partial charge in [0, 0.05) is 18.0 Å². The van der Waals surface area contributed by atoms with Crippen LogP contribution in [0.1, 0.15) is 31.9 Å². The van der Waals surface area contributed by atoms with Crippen LogP contribution in [-0.2, 0) is 5.41 Å². The van der Waals surface area contributed by atoms with E-state index in [-0.39, 0.29) is 5.41 Å². The number of hydrogen-bond donors (Lipinski definition) is 0. The Balaban J connectivity index is 2.02. The average Bonchev–Trinajstić information content (AvgIpc) is 2.89. The van der Waals surface area contributed by atoms with Gasteiger partial charge in [-0.2, -0.15) is 5.26 Å². The Bertz CT molecular complexity index is 828. The Morgan fingerprint density at radius 2 is 1.71 bits per heavy atom. The molecule has 2 heterocycles. The predicted molar refractivity (Wildman–Crippen MR) is 84.0 cm³/mol. The maximum absolute atomic E-state index is 8.94. The summed E-state index contributed by atoms with van der Waals surface area (Å²) < 4.78 is 1.89. The van der Waals surface area contributed by atoms with E-state index in [2.05, 4.69) is 56.1 Å². The Morgan fingerprint density at radius 1 is 1.00 bits per heavy atom. The third-order valence-electron chi connectivity index (χ3n) is 3.63. The molecule has 21 heavy (non-hydrogen) atoms. The summed E-state index contributed by atoms with van der Waals surface area (Å²) in [7, 11) is 0. The van der Waals surface area contributed by atoms with Gasteiger partial charge in [0.15, 0.2) is 0 Å². The van der Waals surface area contributed by atoms with E-state index in [1.807, 2.05) is 16.7 Å². The highest BCUT2D eigenvalue weighted by atomic mass is 15.0. The van der Waals surface area contributed by atoms with E-state index < -0.39 is 0 Å². The monoisotopic (exact) mass is 275 g/mol.